The molecule has 0 spiro atoms. The van der Waals surface area contributed by atoms with Crippen molar-refractivity contribution < 1.29 is 18.5 Å². The van der Waals surface area contributed by atoms with Gasteiger partial charge in [-0.2, -0.15) is 0 Å². The first-order chi connectivity index (χ1) is 13.3. The van der Waals surface area contributed by atoms with E-state index in [1.165, 1.54) is 6.07 Å². The number of nitrogens with one attached hydrogen (secondary N) is 1. The Labute approximate surface area is 160 Å². The van der Waals surface area contributed by atoms with Crippen LogP contribution in [0.1, 0.15) is 28.8 Å². The smallest absolute Gasteiger partial charge is 0.295 e. The molecule has 0 aliphatic carbocycles. The highest BCUT2D eigenvalue weighted by Crippen LogP contribution is 2.28. The normalized spacial score (nSPS) is 16.7. The third-order valence-electron chi connectivity index (χ3n) is 4.76. The fourth-order valence-electron chi connectivity index (χ4n) is 3.38. The van der Waals surface area contributed by atoms with Crippen LogP contribution < -0.4 is 16.0 Å². The van der Waals surface area contributed by atoms with Crippen molar-refractivity contribution in [2.75, 3.05) is 23.7 Å². The Kier molecular flexibility index (Phi) is 5.43. The number of hydrogen-bond donors (Lipinski definition) is 2. The molecule has 1 atom stereocenters. The van der Waals surface area contributed by atoms with Crippen LogP contribution in [-0.2, 0) is 0 Å². The van der Waals surface area contributed by atoms with E-state index in [9.17, 15) is 23.7 Å². The summed E-state index contributed by atoms with van der Waals surface area (Å²) in [6, 6.07) is 6.05. The third kappa shape index (κ3) is 4.03. The zero-order chi connectivity index (χ0) is 20.4. The molecule has 3 rings (SSSR count). The quantitative estimate of drug-likeness (QED) is 0.474. The van der Waals surface area contributed by atoms with Crippen LogP contribution in [-0.4, -0.2) is 30.0 Å². The van der Waals surface area contributed by atoms with E-state index in [0.29, 0.717) is 31.3 Å². The Bertz CT molecular complexity index is 936. The van der Waals surface area contributed by atoms with E-state index in [2.05, 4.69) is 5.32 Å². The number of benzene rings is 2. The van der Waals surface area contributed by atoms with E-state index in [0.717, 1.165) is 18.1 Å². The van der Waals surface area contributed by atoms with Crippen LogP contribution in [0, 0.1) is 28.7 Å². The van der Waals surface area contributed by atoms with E-state index in [-0.39, 0.29) is 23.1 Å². The fraction of sp³-hybridized carbons (Fsp3) is 0.316. The minimum Gasteiger partial charge on any atom is -0.393 e. The first-order valence-corrected chi connectivity index (χ1v) is 8.81. The summed E-state index contributed by atoms with van der Waals surface area (Å²) in [5.41, 5.74) is 5.73. The molecule has 1 unspecified atom stereocenters. The zero-order valence-corrected chi connectivity index (χ0v) is 15.2. The molecule has 0 aromatic heterocycles. The maximum atomic E-state index is 14.2. The number of piperidine rings is 1. The molecule has 148 valence electrons. The van der Waals surface area contributed by atoms with Gasteiger partial charge in [0.1, 0.15) is 17.3 Å². The lowest BCUT2D eigenvalue weighted by Crippen LogP contribution is -2.48. The molecule has 1 saturated heterocycles. The molecule has 1 heterocycles. The maximum Gasteiger partial charge on any atom is 0.295 e. The highest BCUT2D eigenvalue weighted by atomic mass is 19.1. The summed E-state index contributed by atoms with van der Waals surface area (Å²) in [4.78, 5) is 24.5. The molecule has 2 aromatic rings. The van der Waals surface area contributed by atoms with Gasteiger partial charge in [0.25, 0.3) is 11.6 Å². The molecule has 7 nitrogen and oxygen atoms in total. The number of hydrogen-bond acceptors (Lipinski definition) is 5. The number of aryl methyl sites for hydroxylation is 1. The van der Waals surface area contributed by atoms with Crippen LogP contribution >= 0.6 is 0 Å². The van der Waals surface area contributed by atoms with Gasteiger partial charge in [0.05, 0.1) is 22.2 Å². The maximum absolute atomic E-state index is 14.2. The van der Waals surface area contributed by atoms with Crippen molar-refractivity contribution in [3.63, 3.8) is 0 Å². The number of nitrogens with zero attached hydrogens (tertiary/aromatic N) is 2. The van der Waals surface area contributed by atoms with Gasteiger partial charge in [-0.1, -0.05) is 6.07 Å². The molecule has 1 fully saturated rings. The average molecular weight is 390 g/mol. The zero-order valence-electron chi connectivity index (χ0n) is 15.2. The lowest BCUT2D eigenvalue weighted by molar-refractivity contribution is -0.384. The molecule has 0 bridgehead atoms. The van der Waals surface area contributed by atoms with E-state index in [1.54, 1.807) is 12.1 Å². The van der Waals surface area contributed by atoms with Gasteiger partial charge in [-0.05, 0) is 43.5 Å². The van der Waals surface area contributed by atoms with Gasteiger partial charge in [-0.3, -0.25) is 14.9 Å². The van der Waals surface area contributed by atoms with Crippen LogP contribution in [0.25, 0.3) is 0 Å². The number of anilines is 2. The second kappa shape index (κ2) is 7.79. The monoisotopic (exact) mass is 390 g/mol. The van der Waals surface area contributed by atoms with E-state index < -0.39 is 22.3 Å². The summed E-state index contributed by atoms with van der Waals surface area (Å²) < 4.78 is 27.9. The molecule has 1 aliphatic heterocycles. The lowest BCUT2D eigenvalue weighted by atomic mass is 10.0. The van der Waals surface area contributed by atoms with Crippen molar-refractivity contribution >= 4 is 23.0 Å². The van der Waals surface area contributed by atoms with Gasteiger partial charge >= 0.3 is 0 Å². The standard InChI is InChI=1S/C19H20F2N4O3/c1-11-4-5-15(21)16(7-11)24-6-2-3-13(10-24)23-19(26)14-8-12(20)9-17(18(14)22)25(27)28/h4-5,7-9,13H,2-3,6,10,22H2,1H3,(H,23,26). The van der Waals surface area contributed by atoms with Crippen LogP contribution in [0.3, 0.4) is 0 Å². The van der Waals surface area contributed by atoms with Crippen molar-refractivity contribution in [3.05, 3.63) is 63.2 Å². The SMILES string of the molecule is Cc1ccc(F)c(N2CCCC(NC(=O)c3cc(F)cc([N+](=O)[O-])c3N)C2)c1. The third-order valence-corrected chi connectivity index (χ3v) is 4.76. The number of amides is 1. The Morgan fingerprint density at radius 2 is 2.07 bits per heavy atom. The summed E-state index contributed by atoms with van der Waals surface area (Å²) in [5.74, 6) is -1.96. The Morgan fingerprint density at radius 3 is 2.79 bits per heavy atom. The molecule has 3 N–H and O–H groups in total. The van der Waals surface area contributed by atoms with Crippen molar-refractivity contribution in [2.45, 2.75) is 25.8 Å². The molecular formula is C19H20F2N4O3. The van der Waals surface area contributed by atoms with Gasteiger partial charge in [0.2, 0.25) is 0 Å². The molecule has 9 heteroatoms. The highest BCUT2D eigenvalue weighted by Gasteiger charge is 2.27. The molecule has 28 heavy (non-hydrogen) atoms. The Morgan fingerprint density at radius 1 is 1.32 bits per heavy atom. The first kappa shape index (κ1) is 19.5. The van der Waals surface area contributed by atoms with Crippen molar-refractivity contribution in [3.8, 4) is 0 Å². The van der Waals surface area contributed by atoms with Crippen LogP contribution in [0.5, 0.6) is 0 Å². The molecule has 0 radical (unpaired) electrons. The summed E-state index contributed by atoms with van der Waals surface area (Å²) in [7, 11) is 0. The summed E-state index contributed by atoms with van der Waals surface area (Å²) in [5, 5.41) is 13.7. The lowest BCUT2D eigenvalue weighted by Gasteiger charge is -2.35. The minimum atomic E-state index is -0.918. The van der Waals surface area contributed by atoms with Gasteiger partial charge in [-0.15, -0.1) is 0 Å². The number of nitrogen functional groups attached to an aromatic ring is 1. The topological polar surface area (TPSA) is 102 Å². The largest absolute Gasteiger partial charge is 0.393 e. The molecule has 1 aliphatic rings. The van der Waals surface area contributed by atoms with Crippen molar-refractivity contribution in [1.29, 1.82) is 0 Å². The van der Waals surface area contributed by atoms with Crippen molar-refractivity contribution in [2.24, 2.45) is 0 Å². The van der Waals surface area contributed by atoms with Crippen LogP contribution in [0.15, 0.2) is 30.3 Å². The first-order valence-electron chi connectivity index (χ1n) is 8.81. The van der Waals surface area contributed by atoms with E-state index in [1.807, 2.05) is 11.8 Å². The number of nitro benzene ring substituents is 1. The van der Waals surface area contributed by atoms with Gasteiger partial charge in [0, 0.05) is 19.1 Å². The highest BCUT2D eigenvalue weighted by molar-refractivity contribution is 6.01. The second-order valence-corrected chi connectivity index (χ2v) is 6.86. The Balaban J connectivity index is 1.78. The summed E-state index contributed by atoms with van der Waals surface area (Å²) in [6.07, 6.45) is 1.37. The van der Waals surface area contributed by atoms with Crippen molar-refractivity contribution in [1.82, 2.24) is 5.32 Å². The fourth-order valence-corrected chi connectivity index (χ4v) is 3.38. The number of nitrogens with two attached hydrogens (primary N) is 1. The summed E-state index contributed by atoms with van der Waals surface area (Å²) >= 11 is 0. The molecule has 2 aromatic carbocycles. The molecular weight excluding hydrogens is 370 g/mol. The molecule has 0 saturated carbocycles. The predicted octanol–water partition coefficient (Wildman–Crippen LogP) is 3.16. The summed E-state index contributed by atoms with van der Waals surface area (Å²) in [6.45, 7) is 2.87. The number of carbonyl (C=O) groups excluding carboxylic acids is 1. The van der Waals surface area contributed by atoms with E-state index >= 15 is 0 Å². The van der Waals surface area contributed by atoms with Crippen LogP contribution in [0.2, 0.25) is 0 Å². The number of rotatable bonds is 4. The second-order valence-electron chi connectivity index (χ2n) is 6.86. The average Bonchev–Trinajstić information content (AvgIpc) is 2.65. The van der Waals surface area contributed by atoms with E-state index in [4.69, 9.17) is 5.73 Å². The number of halogens is 2. The predicted molar refractivity (Wildman–Crippen MR) is 101 cm³/mol. The Hall–Kier alpha value is -3.23. The van der Waals surface area contributed by atoms with Gasteiger partial charge in [-0.25, -0.2) is 8.78 Å². The molecule has 1 amide bonds. The van der Waals surface area contributed by atoms with Gasteiger partial charge < -0.3 is 16.0 Å². The minimum absolute atomic E-state index is 0.287. The van der Waals surface area contributed by atoms with Crippen LogP contribution in [0.4, 0.5) is 25.8 Å². The number of carbonyl (C=O) groups is 1. The number of nitro groups is 1. The van der Waals surface area contributed by atoms with Gasteiger partial charge in [0.15, 0.2) is 0 Å².